The van der Waals surface area contributed by atoms with E-state index in [0.717, 1.165) is 19.3 Å². The van der Waals surface area contributed by atoms with Crippen molar-refractivity contribution in [3.05, 3.63) is 23.8 Å². The van der Waals surface area contributed by atoms with Crippen molar-refractivity contribution < 1.29 is 9.53 Å². The molecule has 0 aromatic heterocycles. The maximum absolute atomic E-state index is 11.0. The lowest BCUT2D eigenvalue weighted by atomic mass is 10.2. The van der Waals surface area contributed by atoms with Crippen molar-refractivity contribution in [2.24, 2.45) is 0 Å². The monoisotopic (exact) mass is 196 g/mol. The molecule has 0 fully saturated rings. The maximum atomic E-state index is 11.0. The Kier molecular flexibility index (Phi) is 6.81. The lowest BCUT2D eigenvalue weighted by Gasteiger charge is -2.02. The van der Waals surface area contributed by atoms with Crippen molar-refractivity contribution in [3.8, 4) is 0 Å². The van der Waals surface area contributed by atoms with Gasteiger partial charge in [0.2, 0.25) is 0 Å². The Bertz CT molecular complexity index is 222. The summed E-state index contributed by atoms with van der Waals surface area (Å²) in [7, 11) is 0. The van der Waals surface area contributed by atoms with Crippen LogP contribution < -0.4 is 0 Å². The van der Waals surface area contributed by atoms with Crippen LogP contribution in [0.2, 0.25) is 0 Å². The summed E-state index contributed by atoms with van der Waals surface area (Å²) in [6.07, 6.45) is 5.24. The number of unbranched alkanes of at least 4 members (excludes halogenated alkanes) is 2. The molecular weight excluding hydrogens is 176 g/mol. The molecule has 0 aromatic rings. The second-order valence-electron chi connectivity index (χ2n) is 3.69. The fourth-order valence-electron chi connectivity index (χ4n) is 0.925. The van der Waals surface area contributed by atoms with E-state index in [9.17, 15) is 4.79 Å². The highest BCUT2D eigenvalue weighted by Crippen LogP contribution is 2.01. The minimum absolute atomic E-state index is 0.285. The minimum Gasteiger partial charge on any atom is -0.462 e. The van der Waals surface area contributed by atoms with Crippen LogP contribution in [0.4, 0.5) is 0 Å². The van der Waals surface area contributed by atoms with Gasteiger partial charge >= 0.3 is 5.97 Å². The van der Waals surface area contributed by atoms with Crippen LogP contribution >= 0.6 is 0 Å². The summed E-state index contributed by atoms with van der Waals surface area (Å²) in [6.45, 7) is 9.84. The predicted octanol–water partition coefficient (Wildman–Crippen LogP) is 3.24. The summed E-state index contributed by atoms with van der Waals surface area (Å²) < 4.78 is 4.95. The number of hydrogen-bond donors (Lipinski definition) is 0. The Morgan fingerprint density at radius 3 is 2.43 bits per heavy atom. The molecule has 0 aliphatic rings. The van der Waals surface area contributed by atoms with Crippen molar-refractivity contribution in [3.63, 3.8) is 0 Å². The van der Waals surface area contributed by atoms with Gasteiger partial charge in [0.25, 0.3) is 0 Å². The first-order valence-electron chi connectivity index (χ1n) is 5.00. The largest absolute Gasteiger partial charge is 0.462 e. The van der Waals surface area contributed by atoms with E-state index in [1.165, 1.54) is 5.57 Å². The van der Waals surface area contributed by atoms with E-state index in [2.05, 4.69) is 26.5 Å². The number of rotatable bonds is 6. The highest BCUT2D eigenvalue weighted by molar-refractivity contribution is 5.86. The van der Waals surface area contributed by atoms with Crippen LogP contribution in [0, 0.1) is 0 Å². The van der Waals surface area contributed by atoms with E-state index in [1.807, 2.05) is 0 Å². The molecule has 0 aromatic carbocycles. The molecule has 0 atom stereocenters. The van der Waals surface area contributed by atoms with Gasteiger partial charge in [0.15, 0.2) is 0 Å². The molecule has 0 spiro atoms. The Balaban J connectivity index is 3.35. The molecule has 0 radical (unpaired) electrons. The topological polar surface area (TPSA) is 26.3 Å². The Morgan fingerprint density at radius 2 is 1.93 bits per heavy atom. The SMILES string of the molecule is C=C(C)C(=O)OCCCCC=C(C)C. The molecule has 2 heteroatoms. The summed E-state index contributed by atoms with van der Waals surface area (Å²) in [5.74, 6) is -0.285. The predicted molar refractivity (Wildman–Crippen MR) is 59.1 cm³/mol. The van der Waals surface area contributed by atoms with Gasteiger partial charge in [-0.25, -0.2) is 4.79 Å². The summed E-state index contributed by atoms with van der Waals surface area (Å²) in [5, 5.41) is 0. The third kappa shape index (κ3) is 7.59. The minimum atomic E-state index is -0.285. The number of esters is 1. The third-order valence-electron chi connectivity index (χ3n) is 1.73. The van der Waals surface area contributed by atoms with E-state index in [4.69, 9.17) is 4.74 Å². The van der Waals surface area contributed by atoms with Gasteiger partial charge in [-0.15, -0.1) is 0 Å². The van der Waals surface area contributed by atoms with Crippen molar-refractivity contribution >= 4 is 5.97 Å². The van der Waals surface area contributed by atoms with Crippen molar-refractivity contribution in [1.29, 1.82) is 0 Å². The molecule has 0 rings (SSSR count). The average Bonchev–Trinajstić information content (AvgIpc) is 2.09. The van der Waals surface area contributed by atoms with E-state index in [0.29, 0.717) is 12.2 Å². The molecule has 0 N–H and O–H groups in total. The first-order valence-corrected chi connectivity index (χ1v) is 5.00. The lowest BCUT2D eigenvalue weighted by molar-refractivity contribution is -0.139. The van der Waals surface area contributed by atoms with Crippen LogP contribution in [0.25, 0.3) is 0 Å². The highest BCUT2D eigenvalue weighted by atomic mass is 16.5. The van der Waals surface area contributed by atoms with Crippen molar-refractivity contribution in [2.75, 3.05) is 6.61 Å². The molecule has 0 unspecified atom stereocenters. The number of carbonyl (C=O) groups is 1. The smallest absolute Gasteiger partial charge is 0.333 e. The molecule has 0 bridgehead atoms. The first-order chi connectivity index (χ1) is 6.54. The van der Waals surface area contributed by atoms with Gasteiger partial charge in [-0.2, -0.15) is 0 Å². The van der Waals surface area contributed by atoms with E-state index in [-0.39, 0.29) is 5.97 Å². The zero-order valence-electron chi connectivity index (χ0n) is 9.43. The third-order valence-corrected chi connectivity index (χ3v) is 1.73. The second-order valence-corrected chi connectivity index (χ2v) is 3.69. The van der Waals surface area contributed by atoms with E-state index in [1.54, 1.807) is 6.92 Å². The normalized spacial score (nSPS) is 9.36. The molecule has 0 aliphatic heterocycles. The van der Waals surface area contributed by atoms with Crippen LogP contribution in [0.1, 0.15) is 40.0 Å². The fraction of sp³-hybridized carbons (Fsp3) is 0.583. The molecular formula is C12H20O2. The van der Waals surface area contributed by atoms with E-state index < -0.39 is 0 Å². The van der Waals surface area contributed by atoms with Crippen molar-refractivity contribution in [1.82, 2.24) is 0 Å². The molecule has 0 aliphatic carbocycles. The molecule has 2 nitrogen and oxygen atoms in total. The highest BCUT2D eigenvalue weighted by Gasteiger charge is 2.01. The average molecular weight is 196 g/mol. The summed E-state index contributed by atoms with van der Waals surface area (Å²) >= 11 is 0. The summed E-state index contributed by atoms with van der Waals surface area (Å²) in [6, 6.07) is 0. The molecule has 0 amide bonds. The van der Waals surface area contributed by atoms with Gasteiger partial charge in [0, 0.05) is 5.57 Å². The number of carbonyl (C=O) groups excluding carboxylic acids is 1. The number of allylic oxidation sites excluding steroid dienone is 2. The van der Waals surface area contributed by atoms with Crippen LogP contribution in [-0.2, 0) is 9.53 Å². The quantitative estimate of drug-likeness (QED) is 0.282. The van der Waals surface area contributed by atoms with Crippen LogP contribution in [-0.4, -0.2) is 12.6 Å². The second kappa shape index (κ2) is 7.36. The van der Waals surface area contributed by atoms with Crippen LogP contribution in [0.15, 0.2) is 23.8 Å². The van der Waals surface area contributed by atoms with Crippen molar-refractivity contribution in [2.45, 2.75) is 40.0 Å². The standard InChI is InChI=1S/C12H20O2/c1-10(2)8-6-5-7-9-14-12(13)11(3)4/h8H,3,5-7,9H2,1-2,4H3. The Morgan fingerprint density at radius 1 is 1.29 bits per heavy atom. The van der Waals surface area contributed by atoms with Gasteiger partial charge in [-0.1, -0.05) is 18.2 Å². The van der Waals surface area contributed by atoms with E-state index >= 15 is 0 Å². The zero-order chi connectivity index (χ0) is 11.0. The molecule has 0 saturated heterocycles. The first kappa shape index (κ1) is 12.9. The van der Waals surface area contributed by atoms with Gasteiger partial charge in [0.1, 0.15) is 0 Å². The lowest BCUT2D eigenvalue weighted by Crippen LogP contribution is -2.05. The molecule has 0 saturated carbocycles. The number of hydrogen-bond acceptors (Lipinski definition) is 2. The Hall–Kier alpha value is -1.05. The zero-order valence-corrected chi connectivity index (χ0v) is 9.43. The van der Waals surface area contributed by atoms with Gasteiger partial charge in [-0.05, 0) is 40.0 Å². The molecule has 0 heterocycles. The number of ether oxygens (including phenoxy) is 1. The fourth-order valence-corrected chi connectivity index (χ4v) is 0.925. The molecule has 14 heavy (non-hydrogen) atoms. The Labute approximate surface area is 86.6 Å². The van der Waals surface area contributed by atoms with Gasteiger partial charge in [-0.3, -0.25) is 0 Å². The van der Waals surface area contributed by atoms with Crippen LogP contribution in [0.5, 0.6) is 0 Å². The van der Waals surface area contributed by atoms with Crippen LogP contribution in [0.3, 0.4) is 0 Å². The summed E-state index contributed by atoms with van der Waals surface area (Å²) in [5.41, 5.74) is 1.80. The maximum Gasteiger partial charge on any atom is 0.333 e. The summed E-state index contributed by atoms with van der Waals surface area (Å²) in [4.78, 5) is 11.0. The molecule has 80 valence electrons. The van der Waals surface area contributed by atoms with Gasteiger partial charge < -0.3 is 4.74 Å². The van der Waals surface area contributed by atoms with Gasteiger partial charge in [0.05, 0.1) is 6.61 Å².